The standard InChI is InChI=1S/C12H13ClO/c13-10-6-7-12(14)11(8-10)9-4-2-1-3-5-9/h4,6-8,14H,1-3,5H2. The molecule has 1 aliphatic carbocycles. The summed E-state index contributed by atoms with van der Waals surface area (Å²) in [6.07, 6.45) is 6.83. The van der Waals surface area contributed by atoms with Crippen LogP contribution < -0.4 is 0 Å². The largest absolute Gasteiger partial charge is 0.507 e. The SMILES string of the molecule is Oc1ccc(Cl)cc1C1=CCCCC1. The van der Waals surface area contributed by atoms with Gasteiger partial charge in [0.15, 0.2) is 0 Å². The Hall–Kier alpha value is -0.950. The van der Waals surface area contributed by atoms with Crippen molar-refractivity contribution < 1.29 is 5.11 Å². The second kappa shape index (κ2) is 4.05. The molecule has 14 heavy (non-hydrogen) atoms. The van der Waals surface area contributed by atoms with Gasteiger partial charge in [0.1, 0.15) is 5.75 Å². The maximum atomic E-state index is 9.69. The predicted octanol–water partition coefficient (Wildman–Crippen LogP) is 4.00. The molecule has 0 amide bonds. The van der Waals surface area contributed by atoms with Gasteiger partial charge in [-0.05, 0) is 49.5 Å². The van der Waals surface area contributed by atoms with E-state index in [2.05, 4.69) is 6.08 Å². The van der Waals surface area contributed by atoms with Crippen LogP contribution in [0.5, 0.6) is 5.75 Å². The van der Waals surface area contributed by atoms with Gasteiger partial charge in [0.25, 0.3) is 0 Å². The summed E-state index contributed by atoms with van der Waals surface area (Å²) in [5.74, 6) is 0.336. The maximum Gasteiger partial charge on any atom is 0.123 e. The van der Waals surface area contributed by atoms with E-state index >= 15 is 0 Å². The zero-order valence-electron chi connectivity index (χ0n) is 7.96. The van der Waals surface area contributed by atoms with E-state index in [0.717, 1.165) is 18.4 Å². The number of allylic oxidation sites excluding steroid dienone is 2. The van der Waals surface area contributed by atoms with Crippen molar-refractivity contribution in [3.63, 3.8) is 0 Å². The van der Waals surface area contributed by atoms with E-state index in [-0.39, 0.29) is 0 Å². The minimum absolute atomic E-state index is 0.336. The number of halogens is 1. The van der Waals surface area contributed by atoms with E-state index in [1.165, 1.54) is 18.4 Å². The van der Waals surface area contributed by atoms with Gasteiger partial charge >= 0.3 is 0 Å². The van der Waals surface area contributed by atoms with Crippen LogP contribution in [0.2, 0.25) is 5.02 Å². The van der Waals surface area contributed by atoms with Gasteiger partial charge < -0.3 is 5.11 Å². The van der Waals surface area contributed by atoms with Crippen molar-refractivity contribution in [3.8, 4) is 5.75 Å². The minimum atomic E-state index is 0.336. The van der Waals surface area contributed by atoms with Crippen LogP contribution >= 0.6 is 11.6 Å². The van der Waals surface area contributed by atoms with Gasteiger partial charge in [-0.1, -0.05) is 17.7 Å². The van der Waals surface area contributed by atoms with Gasteiger partial charge in [0.2, 0.25) is 0 Å². The molecule has 0 spiro atoms. The Bertz CT molecular complexity index is 369. The normalized spacial score (nSPS) is 16.5. The molecule has 0 saturated carbocycles. The maximum absolute atomic E-state index is 9.69. The summed E-state index contributed by atoms with van der Waals surface area (Å²) >= 11 is 5.90. The van der Waals surface area contributed by atoms with Crippen LogP contribution in [-0.4, -0.2) is 5.11 Å². The fourth-order valence-electron chi connectivity index (χ4n) is 1.85. The highest BCUT2D eigenvalue weighted by atomic mass is 35.5. The minimum Gasteiger partial charge on any atom is -0.507 e. The van der Waals surface area contributed by atoms with Gasteiger partial charge in [-0.3, -0.25) is 0 Å². The number of aromatic hydroxyl groups is 1. The smallest absolute Gasteiger partial charge is 0.123 e. The van der Waals surface area contributed by atoms with Crippen molar-refractivity contribution in [1.82, 2.24) is 0 Å². The van der Waals surface area contributed by atoms with Crippen LogP contribution in [-0.2, 0) is 0 Å². The number of phenols is 1. The fourth-order valence-corrected chi connectivity index (χ4v) is 2.02. The zero-order valence-corrected chi connectivity index (χ0v) is 8.72. The first-order valence-corrected chi connectivity index (χ1v) is 5.33. The molecule has 1 aliphatic rings. The fraction of sp³-hybridized carbons (Fsp3) is 0.333. The lowest BCUT2D eigenvalue weighted by molar-refractivity contribution is 0.473. The molecule has 0 heterocycles. The molecule has 0 aliphatic heterocycles. The molecule has 0 unspecified atom stereocenters. The highest BCUT2D eigenvalue weighted by Gasteiger charge is 2.10. The Morgan fingerprint density at radius 1 is 1.21 bits per heavy atom. The lowest BCUT2D eigenvalue weighted by atomic mass is 9.93. The van der Waals surface area contributed by atoms with Crippen molar-refractivity contribution in [2.45, 2.75) is 25.7 Å². The summed E-state index contributed by atoms with van der Waals surface area (Å²) in [7, 11) is 0. The topological polar surface area (TPSA) is 20.2 Å². The van der Waals surface area contributed by atoms with Gasteiger partial charge in [0.05, 0.1) is 0 Å². The summed E-state index contributed by atoms with van der Waals surface area (Å²) < 4.78 is 0. The lowest BCUT2D eigenvalue weighted by Gasteiger charge is -2.14. The van der Waals surface area contributed by atoms with E-state index in [4.69, 9.17) is 11.6 Å². The van der Waals surface area contributed by atoms with Crippen LogP contribution in [0.15, 0.2) is 24.3 Å². The second-order valence-electron chi connectivity index (χ2n) is 3.64. The van der Waals surface area contributed by atoms with Crippen molar-refractivity contribution in [2.24, 2.45) is 0 Å². The first-order chi connectivity index (χ1) is 6.77. The van der Waals surface area contributed by atoms with E-state index in [1.807, 2.05) is 6.07 Å². The van der Waals surface area contributed by atoms with Crippen molar-refractivity contribution in [1.29, 1.82) is 0 Å². The highest BCUT2D eigenvalue weighted by molar-refractivity contribution is 6.30. The van der Waals surface area contributed by atoms with Crippen LogP contribution in [0.4, 0.5) is 0 Å². The van der Waals surface area contributed by atoms with Gasteiger partial charge in [0, 0.05) is 10.6 Å². The van der Waals surface area contributed by atoms with Crippen LogP contribution in [0.3, 0.4) is 0 Å². The van der Waals surface area contributed by atoms with Crippen molar-refractivity contribution in [2.75, 3.05) is 0 Å². The molecule has 2 rings (SSSR count). The summed E-state index contributed by atoms with van der Waals surface area (Å²) in [4.78, 5) is 0. The Kier molecular flexibility index (Phi) is 2.78. The Labute approximate surface area is 89.0 Å². The molecule has 0 radical (unpaired) electrons. The zero-order chi connectivity index (χ0) is 9.97. The van der Waals surface area contributed by atoms with Gasteiger partial charge in [-0.15, -0.1) is 0 Å². The van der Waals surface area contributed by atoms with E-state index < -0.39 is 0 Å². The molecule has 0 saturated heterocycles. The first kappa shape index (κ1) is 9.60. The third kappa shape index (κ3) is 1.93. The van der Waals surface area contributed by atoms with Crippen LogP contribution in [0, 0.1) is 0 Å². The molecule has 0 atom stereocenters. The number of benzene rings is 1. The first-order valence-electron chi connectivity index (χ1n) is 4.95. The quantitative estimate of drug-likeness (QED) is 0.740. The Balaban J connectivity index is 2.39. The molecule has 1 aromatic rings. The molecule has 2 heteroatoms. The molecular formula is C12H13ClO. The highest BCUT2D eigenvalue weighted by Crippen LogP contribution is 2.33. The molecular weight excluding hydrogens is 196 g/mol. The van der Waals surface area contributed by atoms with Gasteiger partial charge in [-0.25, -0.2) is 0 Å². The van der Waals surface area contributed by atoms with Gasteiger partial charge in [-0.2, -0.15) is 0 Å². The van der Waals surface area contributed by atoms with Crippen molar-refractivity contribution >= 4 is 17.2 Å². The van der Waals surface area contributed by atoms with Crippen LogP contribution in [0.25, 0.3) is 5.57 Å². The molecule has 0 bridgehead atoms. The molecule has 1 aromatic carbocycles. The predicted molar refractivity (Wildman–Crippen MR) is 59.6 cm³/mol. The average molecular weight is 209 g/mol. The lowest BCUT2D eigenvalue weighted by Crippen LogP contribution is -1.92. The molecule has 1 N–H and O–H groups in total. The molecule has 74 valence electrons. The number of phenolic OH excluding ortho intramolecular Hbond substituents is 1. The Morgan fingerprint density at radius 3 is 2.79 bits per heavy atom. The second-order valence-corrected chi connectivity index (χ2v) is 4.07. The number of rotatable bonds is 1. The number of hydrogen-bond donors (Lipinski definition) is 1. The summed E-state index contributed by atoms with van der Waals surface area (Å²) in [6, 6.07) is 5.21. The van der Waals surface area contributed by atoms with E-state index in [1.54, 1.807) is 12.1 Å². The van der Waals surface area contributed by atoms with Crippen LogP contribution in [0.1, 0.15) is 31.2 Å². The van der Waals surface area contributed by atoms with Crippen molar-refractivity contribution in [3.05, 3.63) is 34.9 Å². The van der Waals surface area contributed by atoms with E-state index in [9.17, 15) is 5.11 Å². The summed E-state index contributed by atoms with van der Waals surface area (Å²) in [5, 5.41) is 10.4. The molecule has 0 aromatic heterocycles. The average Bonchev–Trinajstić information content (AvgIpc) is 2.23. The monoisotopic (exact) mass is 208 g/mol. The van der Waals surface area contributed by atoms with E-state index in [0.29, 0.717) is 10.8 Å². The molecule has 0 fully saturated rings. The summed E-state index contributed by atoms with van der Waals surface area (Å²) in [5.41, 5.74) is 2.13. The Morgan fingerprint density at radius 2 is 2.07 bits per heavy atom. The summed E-state index contributed by atoms with van der Waals surface area (Å²) in [6.45, 7) is 0. The molecule has 1 nitrogen and oxygen atoms in total. The third-order valence-corrected chi connectivity index (χ3v) is 2.83. The number of hydrogen-bond acceptors (Lipinski definition) is 1. The third-order valence-electron chi connectivity index (χ3n) is 2.60.